The van der Waals surface area contributed by atoms with E-state index in [2.05, 4.69) is 0 Å². The number of halogens is 2. The molecule has 2 aromatic rings. The first-order valence-corrected chi connectivity index (χ1v) is 8.89. The van der Waals surface area contributed by atoms with Gasteiger partial charge in [-0.15, -0.1) is 0 Å². The number of hydrogen-bond acceptors (Lipinski definition) is 3. The summed E-state index contributed by atoms with van der Waals surface area (Å²) in [6, 6.07) is 10.8. The molecule has 0 bridgehead atoms. The third-order valence-corrected chi connectivity index (χ3v) is 5.42. The average Bonchev–Trinajstić information content (AvgIpc) is 2.52. The molecule has 0 heterocycles. The Balaban J connectivity index is 2.42. The summed E-state index contributed by atoms with van der Waals surface area (Å²) in [6.07, 6.45) is -0.0686. The Morgan fingerprint density at radius 2 is 1.75 bits per heavy atom. The minimum Gasteiger partial charge on any atom is -0.481 e. The standard InChI is InChI=1S/C16H15ClFNO4S/c17-14-4-1-2-5-15(14)19(11-3-6-16(20)21)24(22,23)13-9-7-12(18)8-10-13/h1-2,4-5,7-10H,3,6,11H2,(H,20,21). The van der Waals surface area contributed by atoms with Gasteiger partial charge < -0.3 is 5.11 Å². The monoisotopic (exact) mass is 371 g/mol. The summed E-state index contributed by atoms with van der Waals surface area (Å²) in [6.45, 7) is -0.0598. The van der Waals surface area contributed by atoms with Crippen molar-refractivity contribution in [1.29, 1.82) is 0 Å². The highest BCUT2D eigenvalue weighted by molar-refractivity contribution is 7.92. The SMILES string of the molecule is O=C(O)CCCN(c1ccccc1Cl)S(=O)(=O)c1ccc(F)cc1. The third-order valence-electron chi connectivity index (χ3n) is 3.27. The summed E-state index contributed by atoms with van der Waals surface area (Å²) in [5, 5.41) is 8.99. The van der Waals surface area contributed by atoms with Crippen LogP contribution in [0.15, 0.2) is 53.4 Å². The van der Waals surface area contributed by atoms with Crippen molar-refractivity contribution in [2.45, 2.75) is 17.7 Å². The van der Waals surface area contributed by atoms with Gasteiger partial charge in [0.05, 0.1) is 15.6 Å². The zero-order chi connectivity index (χ0) is 17.7. The van der Waals surface area contributed by atoms with E-state index in [0.717, 1.165) is 28.6 Å². The van der Waals surface area contributed by atoms with Crippen LogP contribution >= 0.6 is 11.6 Å². The van der Waals surface area contributed by atoms with E-state index in [1.165, 1.54) is 6.07 Å². The molecule has 0 spiro atoms. The van der Waals surface area contributed by atoms with E-state index in [0.29, 0.717) is 0 Å². The number of sulfonamides is 1. The summed E-state index contributed by atoms with van der Waals surface area (Å²) < 4.78 is 39.8. The zero-order valence-electron chi connectivity index (χ0n) is 12.5. The summed E-state index contributed by atoms with van der Waals surface area (Å²) in [5.74, 6) is -1.57. The summed E-state index contributed by atoms with van der Waals surface area (Å²) in [7, 11) is -4.00. The maximum absolute atomic E-state index is 13.1. The lowest BCUT2D eigenvalue weighted by atomic mass is 10.3. The van der Waals surface area contributed by atoms with Gasteiger partial charge in [-0.05, 0) is 42.8 Å². The molecule has 2 rings (SSSR count). The molecule has 0 atom stereocenters. The van der Waals surface area contributed by atoms with Crippen molar-refractivity contribution in [2.75, 3.05) is 10.8 Å². The Morgan fingerprint density at radius 1 is 1.12 bits per heavy atom. The van der Waals surface area contributed by atoms with Crippen molar-refractivity contribution in [3.05, 3.63) is 59.4 Å². The van der Waals surface area contributed by atoms with E-state index in [1.807, 2.05) is 0 Å². The number of rotatable bonds is 7. The summed E-state index contributed by atoms with van der Waals surface area (Å²) in [4.78, 5) is 10.6. The van der Waals surface area contributed by atoms with Gasteiger partial charge in [-0.2, -0.15) is 0 Å². The molecule has 0 aliphatic rings. The molecule has 0 fully saturated rings. The second kappa shape index (κ2) is 7.63. The predicted molar refractivity (Wildman–Crippen MR) is 89.3 cm³/mol. The molecule has 24 heavy (non-hydrogen) atoms. The van der Waals surface area contributed by atoms with Crippen LogP contribution in [0.25, 0.3) is 0 Å². The van der Waals surface area contributed by atoms with Crippen molar-refractivity contribution >= 4 is 33.3 Å². The van der Waals surface area contributed by atoms with E-state index in [1.54, 1.807) is 18.2 Å². The van der Waals surface area contributed by atoms with Gasteiger partial charge in [0.25, 0.3) is 10.0 Å². The Kier molecular flexibility index (Phi) is 5.80. The Morgan fingerprint density at radius 3 is 2.33 bits per heavy atom. The quantitative estimate of drug-likeness (QED) is 0.807. The first kappa shape index (κ1) is 18.2. The fourth-order valence-electron chi connectivity index (χ4n) is 2.13. The molecule has 0 radical (unpaired) electrons. The first-order chi connectivity index (χ1) is 11.3. The number of para-hydroxylation sites is 1. The lowest BCUT2D eigenvalue weighted by Gasteiger charge is -2.25. The first-order valence-electron chi connectivity index (χ1n) is 7.07. The number of carboxylic acids is 1. The number of nitrogens with zero attached hydrogens (tertiary/aromatic N) is 1. The van der Waals surface area contributed by atoms with Crippen LogP contribution in [0.2, 0.25) is 5.02 Å². The number of carbonyl (C=O) groups is 1. The molecule has 5 nitrogen and oxygen atoms in total. The highest BCUT2D eigenvalue weighted by Gasteiger charge is 2.26. The molecule has 0 aliphatic carbocycles. The van der Waals surface area contributed by atoms with Crippen molar-refractivity contribution in [1.82, 2.24) is 0 Å². The van der Waals surface area contributed by atoms with Crippen molar-refractivity contribution < 1.29 is 22.7 Å². The lowest BCUT2D eigenvalue weighted by molar-refractivity contribution is -0.137. The fourth-order valence-corrected chi connectivity index (χ4v) is 3.94. The maximum Gasteiger partial charge on any atom is 0.303 e. The van der Waals surface area contributed by atoms with Crippen LogP contribution < -0.4 is 4.31 Å². The van der Waals surface area contributed by atoms with E-state index in [9.17, 15) is 17.6 Å². The van der Waals surface area contributed by atoms with Crippen molar-refractivity contribution in [3.63, 3.8) is 0 Å². The Bertz CT molecular complexity index is 824. The Labute approximate surface area is 144 Å². The van der Waals surface area contributed by atoms with Gasteiger partial charge in [-0.3, -0.25) is 9.10 Å². The fraction of sp³-hybridized carbons (Fsp3) is 0.188. The van der Waals surface area contributed by atoms with Crippen LogP contribution in [0.4, 0.5) is 10.1 Å². The van der Waals surface area contributed by atoms with E-state index >= 15 is 0 Å². The molecule has 1 N–H and O–H groups in total. The van der Waals surface area contributed by atoms with Gasteiger partial charge in [-0.1, -0.05) is 23.7 Å². The highest BCUT2D eigenvalue weighted by atomic mass is 35.5. The molecule has 2 aromatic carbocycles. The highest BCUT2D eigenvalue weighted by Crippen LogP contribution is 2.30. The predicted octanol–water partition coefficient (Wildman–Crippen LogP) is 3.54. The second-order valence-corrected chi connectivity index (χ2v) is 7.25. The molecule has 0 amide bonds. The molecule has 0 aliphatic heterocycles. The van der Waals surface area contributed by atoms with E-state index in [-0.39, 0.29) is 35.0 Å². The molecule has 128 valence electrons. The van der Waals surface area contributed by atoms with Crippen LogP contribution in [0.1, 0.15) is 12.8 Å². The molecule has 0 aromatic heterocycles. The molecular weight excluding hydrogens is 357 g/mol. The maximum atomic E-state index is 13.1. The van der Waals surface area contributed by atoms with Crippen LogP contribution in [-0.4, -0.2) is 26.0 Å². The number of carboxylic acid groups (broad SMARTS) is 1. The number of anilines is 1. The minimum absolute atomic E-state index is 0.0598. The topological polar surface area (TPSA) is 74.7 Å². The van der Waals surface area contributed by atoms with Crippen LogP contribution in [0, 0.1) is 5.82 Å². The lowest BCUT2D eigenvalue weighted by Crippen LogP contribution is -2.32. The van der Waals surface area contributed by atoms with Gasteiger partial charge >= 0.3 is 5.97 Å². The number of hydrogen-bond donors (Lipinski definition) is 1. The van der Waals surface area contributed by atoms with Gasteiger partial charge in [0.2, 0.25) is 0 Å². The van der Waals surface area contributed by atoms with Crippen molar-refractivity contribution in [2.24, 2.45) is 0 Å². The third kappa shape index (κ3) is 4.24. The minimum atomic E-state index is -4.00. The van der Waals surface area contributed by atoms with Crippen LogP contribution in [-0.2, 0) is 14.8 Å². The molecule has 0 unspecified atom stereocenters. The molecule has 0 saturated carbocycles. The smallest absolute Gasteiger partial charge is 0.303 e. The summed E-state index contributed by atoms with van der Waals surface area (Å²) >= 11 is 6.10. The van der Waals surface area contributed by atoms with Gasteiger partial charge in [0.15, 0.2) is 0 Å². The largest absolute Gasteiger partial charge is 0.481 e. The zero-order valence-corrected chi connectivity index (χ0v) is 14.1. The van der Waals surface area contributed by atoms with Crippen LogP contribution in [0.3, 0.4) is 0 Å². The van der Waals surface area contributed by atoms with Crippen LogP contribution in [0.5, 0.6) is 0 Å². The number of benzene rings is 2. The summed E-state index contributed by atoms with van der Waals surface area (Å²) in [5.41, 5.74) is 0.244. The van der Waals surface area contributed by atoms with E-state index in [4.69, 9.17) is 16.7 Å². The van der Waals surface area contributed by atoms with E-state index < -0.39 is 21.8 Å². The Hall–Kier alpha value is -2.12. The molecule has 8 heteroatoms. The van der Waals surface area contributed by atoms with Gasteiger partial charge in [0, 0.05) is 13.0 Å². The number of aliphatic carboxylic acids is 1. The van der Waals surface area contributed by atoms with Gasteiger partial charge in [-0.25, -0.2) is 12.8 Å². The normalized spacial score (nSPS) is 11.2. The van der Waals surface area contributed by atoms with Crippen molar-refractivity contribution in [3.8, 4) is 0 Å². The van der Waals surface area contributed by atoms with Gasteiger partial charge in [0.1, 0.15) is 5.82 Å². The second-order valence-electron chi connectivity index (χ2n) is 4.98. The molecule has 0 saturated heterocycles. The average molecular weight is 372 g/mol. The molecular formula is C16H15ClFNO4S.